The van der Waals surface area contributed by atoms with E-state index < -0.39 is 5.97 Å². The van der Waals surface area contributed by atoms with E-state index in [1.165, 1.54) is 31.0 Å². The zero-order valence-corrected chi connectivity index (χ0v) is 11.0. The highest BCUT2D eigenvalue weighted by atomic mass is 32.2. The lowest BCUT2D eigenvalue weighted by atomic mass is 10.1. The van der Waals surface area contributed by atoms with Gasteiger partial charge in [0.2, 0.25) is 0 Å². The maximum absolute atomic E-state index is 10.6. The number of aromatic nitrogens is 2. The number of carboxylic acids is 1. The first-order chi connectivity index (χ1) is 8.08. The molecule has 1 atom stereocenters. The van der Waals surface area contributed by atoms with Gasteiger partial charge in [-0.25, -0.2) is 4.98 Å². The molecule has 94 valence electrons. The zero-order chi connectivity index (χ0) is 12.4. The molecule has 4 nitrogen and oxygen atoms in total. The molecule has 1 fully saturated rings. The molecule has 1 aliphatic rings. The molecular formula is C12H18N2O2S. The van der Waals surface area contributed by atoms with Crippen LogP contribution in [0.4, 0.5) is 0 Å². The van der Waals surface area contributed by atoms with Gasteiger partial charge in [0.25, 0.3) is 0 Å². The van der Waals surface area contributed by atoms with Crippen LogP contribution in [0.3, 0.4) is 0 Å². The van der Waals surface area contributed by atoms with E-state index in [2.05, 4.69) is 16.5 Å². The van der Waals surface area contributed by atoms with Gasteiger partial charge in [0.1, 0.15) is 0 Å². The zero-order valence-electron chi connectivity index (χ0n) is 10.2. The highest BCUT2D eigenvalue weighted by Crippen LogP contribution is 2.38. The molecular weight excluding hydrogens is 236 g/mol. The summed E-state index contributed by atoms with van der Waals surface area (Å²) in [6.45, 7) is 4.22. The second kappa shape index (κ2) is 5.12. The first kappa shape index (κ1) is 12.5. The summed E-state index contributed by atoms with van der Waals surface area (Å²) >= 11 is 1.30. The van der Waals surface area contributed by atoms with Crippen LogP contribution in [-0.4, -0.2) is 26.4 Å². The van der Waals surface area contributed by atoms with Gasteiger partial charge in [-0.3, -0.25) is 4.79 Å². The van der Waals surface area contributed by atoms with Gasteiger partial charge < -0.3 is 9.67 Å². The molecule has 0 aromatic carbocycles. The van der Waals surface area contributed by atoms with Crippen LogP contribution in [0, 0.1) is 12.8 Å². The molecule has 1 saturated carbocycles. The maximum Gasteiger partial charge on any atom is 0.313 e. The molecule has 0 radical (unpaired) electrons. The van der Waals surface area contributed by atoms with E-state index in [0.717, 1.165) is 16.8 Å². The van der Waals surface area contributed by atoms with Crippen molar-refractivity contribution in [2.24, 2.45) is 5.92 Å². The Labute approximate surface area is 105 Å². The third kappa shape index (κ3) is 3.25. The van der Waals surface area contributed by atoms with Crippen LogP contribution < -0.4 is 0 Å². The Bertz CT molecular complexity index is 413. The molecule has 1 aromatic rings. The molecule has 1 aliphatic carbocycles. The van der Waals surface area contributed by atoms with Crippen LogP contribution in [0.25, 0.3) is 0 Å². The third-order valence-corrected chi connectivity index (χ3v) is 4.04. The lowest BCUT2D eigenvalue weighted by Gasteiger charge is -2.17. The van der Waals surface area contributed by atoms with E-state index in [-0.39, 0.29) is 5.75 Å². The number of aliphatic carboxylic acids is 1. The van der Waals surface area contributed by atoms with Gasteiger partial charge in [-0.1, -0.05) is 24.6 Å². The second-order valence-electron chi connectivity index (χ2n) is 4.76. The number of carbonyl (C=O) groups is 1. The van der Waals surface area contributed by atoms with Gasteiger partial charge in [-0.15, -0.1) is 0 Å². The Kier molecular flexibility index (Phi) is 3.76. The van der Waals surface area contributed by atoms with E-state index in [4.69, 9.17) is 5.11 Å². The van der Waals surface area contributed by atoms with Crippen molar-refractivity contribution in [1.82, 2.24) is 9.55 Å². The number of rotatable bonds is 6. The Morgan fingerprint density at radius 2 is 2.41 bits per heavy atom. The molecule has 1 unspecified atom stereocenters. The standard InChI is InChI=1S/C12H18N2O2S/c1-8(5-10-3-4-10)14-9(2)6-13-12(14)17-7-11(15)16/h6,8,10H,3-5,7H2,1-2H3,(H,15,16). The third-order valence-electron chi connectivity index (χ3n) is 3.08. The maximum atomic E-state index is 10.6. The van der Waals surface area contributed by atoms with Crippen molar-refractivity contribution in [3.8, 4) is 0 Å². The predicted molar refractivity (Wildman–Crippen MR) is 67.4 cm³/mol. The van der Waals surface area contributed by atoms with Gasteiger partial charge in [0.15, 0.2) is 5.16 Å². The fraction of sp³-hybridized carbons (Fsp3) is 0.667. The molecule has 0 spiro atoms. The molecule has 17 heavy (non-hydrogen) atoms. The minimum absolute atomic E-state index is 0.0760. The number of nitrogens with zero attached hydrogens (tertiary/aromatic N) is 2. The van der Waals surface area contributed by atoms with Crippen molar-refractivity contribution < 1.29 is 9.90 Å². The summed E-state index contributed by atoms with van der Waals surface area (Å²) in [6, 6.07) is 0.418. The van der Waals surface area contributed by atoms with E-state index in [1.807, 2.05) is 13.1 Å². The van der Waals surface area contributed by atoms with Crippen molar-refractivity contribution in [3.05, 3.63) is 11.9 Å². The summed E-state index contributed by atoms with van der Waals surface area (Å²) in [5.74, 6) is 0.147. The minimum Gasteiger partial charge on any atom is -0.481 e. The molecule has 0 amide bonds. The summed E-state index contributed by atoms with van der Waals surface area (Å²) in [5.41, 5.74) is 1.12. The highest BCUT2D eigenvalue weighted by molar-refractivity contribution is 7.99. The molecule has 0 saturated heterocycles. The number of hydrogen-bond donors (Lipinski definition) is 1. The van der Waals surface area contributed by atoms with Gasteiger partial charge >= 0.3 is 5.97 Å². The summed E-state index contributed by atoms with van der Waals surface area (Å²) in [4.78, 5) is 14.9. The lowest BCUT2D eigenvalue weighted by Crippen LogP contribution is -2.10. The number of carboxylic acid groups (broad SMARTS) is 1. The molecule has 1 aromatic heterocycles. The van der Waals surface area contributed by atoms with E-state index >= 15 is 0 Å². The number of hydrogen-bond acceptors (Lipinski definition) is 3. The smallest absolute Gasteiger partial charge is 0.313 e. The quantitative estimate of drug-likeness (QED) is 0.793. The number of thioether (sulfide) groups is 1. The van der Waals surface area contributed by atoms with E-state index in [0.29, 0.717) is 6.04 Å². The molecule has 2 rings (SSSR count). The summed E-state index contributed by atoms with van der Waals surface area (Å²) < 4.78 is 2.17. The molecule has 0 aliphatic heterocycles. The highest BCUT2D eigenvalue weighted by Gasteiger charge is 2.25. The topological polar surface area (TPSA) is 55.1 Å². The van der Waals surface area contributed by atoms with Crippen molar-refractivity contribution >= 4 is 17.7 Å². The SMILES string of the molecule is Cc1cnc(SCC(=O)O)n1C(C)CC1CC1. The van der Waals surface area contributed by atoms with E-state index in [1.54, 1.807) is 0 Å². The fourth-order valence-corrected chi connectivity index (χ4v) is 2.98. The fourth-order valence-electron chi connectivity index (χ4n) is 2.13. The van der Waals surface area contributed by atoms with E-state index in [9.17, 15) is 4.79 Å². The molecule has 0 bridgehead atoms. The Morgan fingerprint density at radius 3 is 3.00 bits per heavy atom. The Hall–Kier alpha value is -0.970. The van der Waals surface area contributed by atoms with Crippen LogP contribution in [0.1, 0.15) is 37.9 Å². The van der Waals surface area contributed by atoms with Crippen molar-refractivity contribution in [2.45, 2.75) is 44.3 Å². The Balaban J connectivity index is 2.07. The summed E-state index contributed by atoms with van der Waals surface area (Å²) in [7, 11) is 0. The van der Waals surface area contributed by atoms with Gasteiger partial charge in [0.05, 0.1) is 5.75 Å². The largest absolute Gasteiger partial charge is 0.481 e. The van der Waals surface area contributed by atoms with Gasteiger partial charge in [0, 0.05) is 17.9 Å². The van der Waals surface area contributed by atoms with Crippen molar-refractivity contribution in [1.29, 1.82) is 0 Å². The monoisotopic (exact) mass is 254 g/mol. The number of imidazole rings is 1. The van der Waals surface area contributed by atoms with Crippen LogP contribution in [0.15, 0.2) is 11.4 Å². The van der Waals surface area contributed by atoms with Crippen molar-refractivity contribution in [3.63, 3.8) is 0 Å². The van der Waals surface area contributed by atoms with Crippen LogP contribution in [0.2, 0.25) is 0 Å². The molecule has 1 N–H and O–H groups in total. The first-order valence-corrected chi connectivity index (χ1v) is 6.95. The van der Waals surface area contributed by atoms with Crippen LogP contribution in [-0.2, 0) is 4.79 Å². The lowest BCUT2D eigenvalue weighted by molar-refractivity contribution is -0.133. The van der Waals surface area contributed by atoms with Gasteiger partial charge in [-0.2, -0.15) is 0 Å². The normalized spacial score (nSPS) is 17.1. The average molecular weight is 254 g/mol. The summed E-state index contributed by atoms with van der Waals surface area (Å²) in [6.07, 6.45) is 5.69. The predicted octanol–water partition coefficient (Wildman–Crippen LogP) is 2.73. The average Bonchev–Trinajstić information content (AvgIpc) is 2.97. The first-order valence-electron chi connectivity index (χ1n) is 5.96. The van der Waals surface area contributed by atoms with Crippen LogP contribution >= 0.6 is 11.8 Å². The second-order valence-corrected chi connectivity index (χ2v) is 5.71. The minimum atomic E-state index is -0.794. The molecule has 1 heterocycles. The van der Waals surface area contributed by atoms with Crippen LogP contribution in [0.5, 0.6) is 0 Å². The Morgan fingerprint density at radius 1 is 1.71 bits per heavy atom. The van der Waals surface area contributed by atoms with Gasteiger partial charge in [-0.05, 0) is 26.2 Å². The number of aryl methyl sites for hydroxylation is 1. The summed E-state index contributed by atoms with van der Waals surface area (Å²) in [5, 5.41) is 9.54. The van der Waals surface area contributed by atoms with Crippen molar-refractivity contribution in [2.75, 3.05) is 5.75 Å². The molecule has 5 heteroatoms.